The monoisotopic (exact) mass is 308 g/mol. The zero-order chi connectivity index (χ0) is 12.0. The fourth-order valence-corrected chi connectivity index (χ4v) is 2.78. The molecule has 0 saturated heterocycles. The molecule has 4 heteroatoms. The van der Waals surface area contributed by atoms with Gasteiger partial charge in [0.1, 0.15) is 6.29 Å². The molecule has 0 unspecified atom stereocenters. The van der Waals surface area contributed by atoms with Crippen LogP contribution in [0.3, 0.4) is 0 Å². The summed E-state index contributed by atoms with van der Waals surface area (Å²) in [7, 11) is 0. The van der Waals surface area contributed by atoms with Crippen LogP contribution in [0, 0.1) is 0 Å². The number of aldehydes is 1. The molecule has 0 N–H and O–H groups in total. The first kappa shape index (κ1) is 14.2. The molecular formula is C12H18BrClO2. The lowest BCUT2D eigenvalue weighted by Gasteiger charge is -2.27. The summed E-state index contributed by atoms with van der Waals surface area (Å²) >= 11 is 9.86. The number of carbonyl (C=O) groups is 1. The van der Waals surface area contributed by atoms with E-state index in [0.29, 0.717) is 11.2 Å². The number of rotatable bonds is 3. The minimum Gasteiger partial charge on any atom is -0.372 e. The number of ether oxygens (including phenoxy) is 1. The highest BCUT2D eigenvalue weighted by molar-refractivity contribution is 9.09. The maximum Gasteiger partial charge on any atom is 0.122 e. The van der Waals surface area contributed by atoms with Gasteiger partial charge in [0.15, 0.2) is 0 Å². The molecule has 0 saturated carbocycles. The molecule has 1 aliphatic heterocycles. The number of hydrogen-bond donors (Lipinski definition) is 0. The van der Waals surface area contributed by atoms with Crippen LogP contribution in [-0.2, 0) is 9.53 Å². The number of hydrogen-bond acceptors (Lipinski definition) is 2. The molecule has 0 bridgehead atoms. The molecule has 16 heavy (non-hydrogen) atoms. The quantitative estimate of drug-likeness (QED) is 0.453. The Kier molecular flexibility index (Phi) is 6.62. The Morgan fingerprint density at radius 1 is 1.44 bits per heavy atom. The molecule has 0 amide bonds. The maximum absolute atomic E-state index is 10.6. The molecule has 2 nitrogen and oxygen atoms in total. The van der Waals surface area contributed by atoms with E-state index in [1.165, 1.54) is 0 Å². The normalized spacial score (nSPS) is 38.2. The Morgan fingerprint density at radius 3 is 2.75 bits per heavy atom. The molecule has 0 aromatic heterocycles. The first-order chi connectivity index (χ1) is 7.69. The molecule has 0 fully saturated rings. The first-order valence-electron chi connectivity index (χ1n) is 5.71. The van der Waals surface area contributed by atoms with Gasteiger partial charge in [0.25, 0.3) is 0 Å². The molecule has 1 rings (SSSR count). The lowest BCUT2D eigenvalue weighted by molar-refractivity contribution is -0.111. The topological polar surface area (TPSA) is 26.3 Å². The van der Waals surface area contributed by atoms with Crippen LogP contribution in [0.25, 0.3) is 0 Å². The third kappa shape index (κ3) is 4.19. The Labute approximate surface area is 111 Å². The van der Waals surface area contributed by atoms with Crippen molar-refractivity contribution in [2.75, 3.05) is 0 Å². The van der Waals surface area contributed by atoms with Gasteiger partial charge in [-0.2, -0.15) is 0 Å². The van der Waals surface area contributed by atoms with Crippen LogP contribution in [0.5, 0.6) is 0 Å². The van der Waals surface area contributed by atoms with E-state index in [2.05, 4.69) is 35.0 Å². The van der Waals surface area contributed by atoms with Crippen molar-refractivity contribution in [2.24, 2.45) is 0 Å². The summed E-state index contributed by atoms with van der Waals surface area (Å²) in [5.74, 6) is 0. The molecule has 92 valence electrons. The fourth-order valence-electron chi connectivity index (χ4n) is 1.80. The smallest absolute Gasteiger partial charge is 0.122 e. The van der Waals surface area contributed by atoms with Gasteiger partial charge in [-0.1, -0.05) is 35.0 Å². The van der Waals surface area contributed by atoms with Crippen molar-refractivity contribution in [3.8, 4) is 0 Å². The Bertz CT molecular complexity index is 245. The lowest BCUT2D eigenvalue weighted by Crippen LogP contribution is -2.33. The van der Waals surface area contributed by atoms with E-state index in [1.54, 1.807) is 0 Å². The van der Waals surface area contributed by atoms with Crippen molar-refractivity contribution >= 4 is 33.8 Å². The lowest BCUT2D eigenvalue weighted by atomic mass is 10.1. The summed E-state index contributed by atoms with van der Waals surface area (Å²) in [6, 6.07) is 0. The summed E-state index contributed by atoms with van der Waals surface area (Å²) in [6.45, 7) is 2.09. The zero-order valence-corrected chi connectivity index (χ0v) is 11.8. The van der Waals surface area contributed by atoms with Gasteiger partial charge < -0.3 is 9.53 Å². The molecule has 1 heterocycles. The standard InChI is InChI=1S/C12H18BrClO2/c1-2-11-9(13)5-3-4-6-10(14)12(16-11)7-8-15/h3-4,8-12H,2,5-7H2,1H3/b4-3-/t9-,10-,11-,12-/m0/s1. The van der Waals surface area contributed by atoms with Gasteiger partial charge in [-0.3, -0.25) is 0 Å². The second-order valence-corrected chi connectivity index (χ2v) is 5.74. The zero-order valence-electron chi connectivity index (χ0n) is 9.44. The van der Waals surface area contributed by atoms with E-state index in [9.17, 15) is 4.79 Å². The van der Waals surface area contributed by atoms with Crippen LogP contribution in [-0.4, -0.2) is 28.7 Å². The van der Waals surface area contributed by atoms with Gasteiger partial charge in [-0.05, 0) is 19.3 Å². The third-order valence-corrected chi connectivity index (χ3v) is 4.20. The third-order valence-electron chi connectivity index (χ3n) is 2.78. The molecule has 0 aromatic rings. The van der Waals surface area contributed by atoms with Crippen LogP contribution in [0.1, 0.15) is 32.6 Å². The van der Waals surface area contributed by atoms with Crippen molar-refractivity contribution in [1.82, 2.24) is 0 Å². The van der Waals surface area contributed by atoms with Crippen LogP contribution in [0.2, 0.25) is 0 Å². The van der Waals surface area contributed by atoms with Gasteiger partial charge in [-0.15, -0.1) is 11.6 Å². The average molecular weight is 310 g/mol. The highest BCUT2D eigenvalue weighted by atomic mass is 79.9. The van der Waals surface area contributed by atoms with Crippen molar-refractivity contribution < 1.29 is 9.53 Å². The SMILES string of the molecule is CC[C@@H]1O[C@@H](CC=O)[C@@H](Cl)C/C=C\C[C@@H]1Br. The van der Waals surface area contributed by atoms with Gasteiger partial charge >= 0.3 is 0 Å². The van der Waals surface area contributed by atoms with E-state index >= 15 is 0 Å². The van der Waals surface area contributed by atoms with Crippen LogP contribution < -0.4 is 0 Å². The van der Waals surface area contributed by atoms with Gasteiger partial charge in [0.2, 0.25) is 0 Å². The minimum atomic E-state index is -0.174. The van der Waals surface area contributed by atoms with Crippen molar-refractivity contribution in [3.63, 3.8) is 0 Å². The summed E-state index contributed by atoms with van der Waals surface area (Å²) in [5.41, 5.74) is 0. The summed E-state index contributed by atoms with van der Waals surface area (Å²) in [4.78, 5) is 10.9. The molecule has 0 aliphatic carbocycles. The van der Waals surface area contributed by atoms with Gasteiger partial charge in [0.05, 0.1) is 17.6 Å². The van der Waals surface area contributed by atoms with Gasteiger partial charge in [-0.25, -0.2) is 0 Å². The van der Waals surface area contributed by atoms with E-state index in [0.717, 1.165) is 25.5 Å². The van der Waals surface area contributed by atoms with Crippen molar-refractivity contribution in [2.45, 2.75) is 55.0 Å². The van der Waals surface area contributed by atoms with E-state index in [1.807, 2.05) is 0 Å². The number of alkyl halides is 2. The maximum atomic E-state index is 10.6. The van der Waals surface area contributed by atoms with Crippen LogP contribution in [0.4, 0.5) is 0 Å². The van der Waals surface area contributed by atoms with Gasteiger partial charge in [0, 0.05) is 11.2 Å². The second-order valence-electron chi connectivity index (χ2n) is 4.00. The van der Waals surface area contributed by atoms with E-state index < -0.39 is 0 Å². The summed E-state index contributed by atoms with van der Waals surface area (Å²) in [6.07, 6.45) is 8.03. The predicted octanol–water partition coefficient (Wildman–Crippen LogP) is 3.46. The fraction of sp³-hybridized carbons (Fsp3) is 0.750. The number of allylic oxidation sites excluding steroid dienone is 2. The molecule has 0 aromatic carbocycles. The predicted molar refractivity (Wildman–Crippen MR) is 70.4 cm³/mol. The van der Waals surface area contributed by atoms with Crippen LogP contribution >= 0.6 is 27.5 Å². The highest BCUT2D eigenvalue weighted by Crippen LogP contribution is 2.25. The minimum absolute atomic E-state index is 0.117. The second kappa shape index (κ2) is 7.46. The van der Waals surface area contributed by atoms with Crippen molar-refractivity contribution in [3.05, 3.63) is 12.2 Å². The van der Waals surface area contributed by atoms with E-state index in [-0.39, 0.29) is 17.6 Å². The molecule has 4 atom stereocenters. The van der Waals surface area contributed by atoms with Crippen molar-refractivity contribution in [1.29, 1.82) is 0 Å². The molecule has 1 aliphatic rings. The highest BCUT2D eigenvalue weighted by Gasteiger charge is 2.26. The molecular weight excluding hydrogens is 291 g/mol. The summed E-state index contributed by atoms with van der Waals surface area (Å²) in [5, 5.41) is -0.117. The first-order valence-corrected chi connectivity index (χ1v) is 7.06. The Morgan fingerprint density at radius 2 is 2.12 bits per heavy atom. The van der Waals surface area contributed by atoms with E-state index in [4.69, 9.17) is 16.3 Å². The Hall–Kier alpha value is 0.140. The Balaban J connectivity index is 2.73. The van der Waals surface area contributed by atoms with Crippen LogP contribution in [0.15, 0.2) is 12.2 Å². The molecule has 0 spiro atoms. The summed E-state index contributed by atoms with van der Waals surface area (Å²) < 4.78 is 5.94. The average Bonchev–Trinajstić information content (AvgIpc) is 2.34. The number of halogens is 2. The largest absolute Gasteiger partial charge is 0.372 e. The molecule has 0 radical (unpaired) electrons. The number of carbonyl (C=O) groups excluding carboxylic acids is 1.